The summed E-state index contributed by atoms with van der Waals surface area (Å²) in [5.41, 5.74) is 9.54. The van der Waals surface area contributed by atoms with Crippen LogP contribution in [0.25, 0.3) is 33.4 Å². The lowest BCUT2D eigenvalue weighted by Crippen LogP contribution is -2.45. The second-order valence-corrected chi connectivity index (χ2v) is 15.9. The van der Waals surface area contributed by atoms with Crippen LogP contribution in [0.3, 0.4) is 0 Å². The molecule has 260 valence electrons. The van der Waals surface area contributed by atoms with Gasteiger partial charge in [0.2, 0.25) is 0 Å². The first-order chi connectivity index (χ1) is 25.9. The Morgan fingerprint density at radius 3 is 1.72 bits per heavy atom. The van der Waals surface area contributed by atoms with Crippen molar-refractivity contribution in [2.45, 2.75) is 24.4 Å². The Hall–Kier alpha value is -4.51. The molecule has 0 fully saturated rings. The van der Waals surface area contributed by atoms with Gasteiger partial charge in [-0.05, 0) is 80.3 Å². The largest absolute Gasteiger partial charge is 0.380 e. The Morgan fingerprint density at radius 2 is 1.06 bits per heavy atom. The third kappa shape index (κ3) is 6.55. The van der Waals surface area contributed by atoms with E-state index in [-0.39, 0.29) is 11.8 Å². The maximum Gasteiger partial charge on any atom is 0.124 e. The standard InChI is InChI=1S/C49H37Br2ClO/c1-32-45(39-24-8-11-27-42(39)50)47(37-22-14-20-35(30-37)33-16-4-2-5-17-33)49(53,41-26-10-13-29-44(41)52)48(46(32)40-25-9-12-28-43(40)51)38-23-15-21-36(31-38)34-18-6-3-7-19-34/h2-32,45,47,53H,1H3. The first-order valence-corrected chi connectivity index (χ1v) is 19.8. The molecular formula is C49H37Br2ClO. The molecule has 0 spiro atoms. The lowest BCUT2D eigenvalue weighted by atomic mass is 9.54. The minimum absolute atomic E-state index is 0.0593. The van der Waals surface area contributed by atoms with Gasteiger partial charge in [-0.1, -0.05) is 208 Å². The van der Waals surface area contributed by atoms with E-state index < -0.39 is 11.5 Å². The van der Waals surface area contributed by atoms with Gasteiger partial charge < -0.3 is 5.11 Å². The Morgan fingerprint density at radius 1 is 0.528 bits per heavy atom. The van der Waals surface area contributed by atoms with E-state index in [0.717, 1.165) is 64.6 Å². The molecule has 0 bridgehead atoms. The molecule has 4 atom stereocenters. The highest BCUT2D eigenvalue weighted by Gasteiger charge is 2.55. The SMILES string of the molecule is CC1C(c2ccccc2Br)=C(c2cccc(-c3ccccc3)c2)C(O)(c2ccccc2Cl)C(c2cccc(-c3ccccc3)c2)C1c1ccccc1Br. The molecule has 0 aromatic heterocycles. The summed E-state index contributed by atoms with van der Waals surface area (Å²) in [6, 6.07) is 62.9. The highest BCUT2D eigenvalue weighted by atomic mass is 79.9. The van der Waals surface area contributed by atoms with Crippen LogP contribution >= 0.6 is 43.5 Å². The third-order valence-corrected chi connectivity index (χ3v) is 12.5. The van der Waals surface area contributed by atoms with E-state index in [2.05, 4.69) is 178 Å². The van der Waals surface area contributed by atoms with E-state index in [0.29, 0.717) is 10.6 Å². The van der Waals surface area contributed by atoms with Crippen molar-refractivity contribution in [3.63, 3.8) is 0 Å². The fraction of sp³-hybridized carbons (Fsp3) is 0.102. The number of benzene rings is 7. The molecule has 4 heteroatoms. The first kappa shape index (κ1) is 35.5. The molecule has 7 aromatic carbocycles. The maximum absolute atomic E-state index is 14.5. The van der Waals surface area contributed by atoms with Gasteiger partial charge in [-0.15, -0.1) is 0 Å². The predicted molar refractivity (Wildman–Crippen MR) is 229 cm³/mol. The number of hydrogen-bond donors (Lipinski definition) is 1. The van der Waals surface area contributed by atoms with Gasteiger partial charge in [0, 0.05) is 36.9 Å². The Balaban J connectivity index is 1.53. The average molecular weight is 837 g/mol. The van der Waals surface area contributed by atoms with E-state index in [1.165, 1.54) is 0 Å². The van der Waals surface area contributed by atoms with Crippen LogP contribution in [0.1, 0.15) is 46.6 Å². The molecule has 0 saturated carbocycles. The second-order valence-electron chi connectivity index (χ2n) is 13.8. The summed E-state index contributed by atoms with van der Waals surface area (Å²) in [5.74, 6) is -0.696. The van der Waals surface area contributed by atoms with E-state index in [1.54, 1.807) is 0 Å². The van der Waals surface area contributed by atoms with E-state index in [4.69, 9.17) is 11.6 Å². The van der Waals surface area contributed by atoms with Crippen molar-refractivity contribution in [3.8, 4) is 22.3 Å². The molecule has 4 unspecified atom stereocenters. The molecule has 8 rings (SSSR count). The molecule has 0 heterocycles. The zero-order chi connectivity index (χ0) is 36.5. The molecule has 0 amide bonds. The molecule has 7 aromatic rings. The number of aliphatic hydroxyl groups is 1. The molecule has 1 aliphatic rings. The number of allylic oxidation sites excluding steroid dienone is 1. The summed E-state index contributed by atoms with van der Waals surface area (Å²) in [4.78, 5) is 0. The van der Waals surface area contributed by atoms with Gasteiger partial charge in [0.25, 0.3) is 0 Å². The molecule has 0 aliphatic heterocycles. The monoisotopic (exact) mass is 834 g/mol. The number of hydrogen-bond acceptors (Lipinski definition) is 1. The minimum Gasteiger partial charge on any atom is -0.380 e. The van der Waals surface area contributed by atoms with Gasteiger partial charge in [0.1, 0.15) is 5.60 Å². The summed E-state index contributed by atoms with van der Waals surface area (Å²) >= 11 is 15.2. The average Bonchev–Trinajstić information content (AvgIpc) is 3.20. The zero-order valence-corrected chi connectivity index (χ0v) is 33.1. The number of rotatable bonds is 7. The molecule has 0 saturated heterocycles. The van der Waals surface area contributed by atoms with Crippen molar-refractivity contribution in [1.82, 2.24) is 0 Å². The normalized spacial score (nSPS) is 20.0. The maximum atomic E-state index is 14.5. The van der Waals surface area contributed by atoms with Crippen molar-refractivity contribution < 1.29 is 5.11 Å². The quantitative estimate of drug-likeness (QED) is 0.170. The van der Waals surface area contributed by atoms with Crippen LogP contribution in [0.15, 0.2) is 191 Å². The van der Waals surface area contributed by atoms with Crippen LogP contribution in [0, 0.1) is 5.92 Å². The lowest BCUT2D eigenvalue weighted by Gasteiger charge is -2.51. The van der Waals surface area contributed by atoms with Gasteiger partial charge in [-0.3, -0.25) is 0 Å². The Labute approximate surface area is 333 Å². The Bertz CT molecular complexity index is 2440. The fourth-order valence-electron chi connectivity index (χ4n) is 8.49. The summed E-state index contributed by atoms with van der Waals surface area (Å²) in [6.07, 6.45) is 0. The topological polar surface area (TPSA) is 20.2 Å². The van der Waals surface area contributed by atoms with Gasteiger partial charge in [0.05, 0.1) is 0 Å². The third-order valence-electron chi connectivity index (χ3n) is 10.8. The summed E-state index contributed by atoms with van der Waals surface area (Å²) < 4.78 is 1.97. The first-order valence-electron chi connectivity index (χ1n) is 17.9. The minimum atomic E-state index is -1.60. The van der Waals surface area contributed by atoms with Crippen molar-refractivity contribution in [2.24, 2.45) is 5.92 Å². The molecule has 1 N–H and O–H groups in total. The summed E-state index contributed by atoms with van der Waals surface area (Å²) in [6.45, 7) is 2.32. The highest BCUT2D eigenvalue weighted by molar-refractivity contribution is 9.10. The van der Waals surface area contributed by atoms with Crippen LogP contribution in [0.4, 0.5) is 0 Å². The van der Waals surface area contributed by atoms with Gasteiger partial charge in [0.15, 0.2) is 0 Å². The molecule has 1 aliphatic carbocycles. The van der Waals surface area contributed by atoms with Crippen molar-refractivity contribution in [3.05, 3.63) is 224 Å². The molecule has 1 nitrogen and oxygen atoms in total. The van der Waals surface area contributed by atoms with Crippen molar-refractivity contribution in [2.75, 3.05) is 0 Å². The number of halogens is 3. The smallest absolute Gasteiger partial charge is 0.124 e. The van der Waals surface area contributed by atoms with Crippen molar-refractivity contribution in [1.29, 1.82) is 0 Å². The predicted octanol–water partition coefficient (Wildman–Crippen LogP) is 14.2. The summed E-state index contributed by atoms with van der Waals surface area (Å²) in [5, 5.41) is 15.0. The van der Waals surface area contributed by atoms with Crippen LogP contribution in [-0.4, -0.2) is 5.11 Å². The second kappa shape index (κ2) is 15.1. The van der Waals surface area contributed by atoms with Crippen molar-refractivity contribution >= 4 is 54.6 Å². The lowest BCUT2D eigenvalue weighted by molar-refractivity contribution is 0.0468. The molecule has 0 radical (unpaired) electrons. The van der Waals surface area contributed by atoms with Gasteiger partial charge >= 0.3 is 0 Å². The van der Waals surface area contributed by atoms with Crippen LogP contribution in [0.5, 0.6) is 0 Å². The van der Waals surface area contributed by atoms with Gasteiger partial charge in [-0.2, -0.15) is 0 Å². The zero-order valence-electron chi connectivity index (χ0n) is 29.1. The molecule has 53 heavy (non-hydrogen) atoms. The fourth-order valence-corrected chi connectivity index (χ4v) is 9.82. The summed E-state index contributed by atoms with van der Waals surface area (Å²) in [7, 11) is 0. The van der Waals surface area contributed by atoms with E-state index >= 15 is 0 Å². The van der Waals surface area contributed by atoms with E-state index in [9.17, 15) is 5.11 Å². The molecular weight excluding hydrogens is 800 g/mol. The van der Waals surface area contributed by atoms with Gasteiger partial charge in [-0.25, -0.2) is 0 Å². The van der Waals surface area contributed by atoms with E-state index in [1.807, 2.05) is 42.5 Å². The Kier molecular flexibility index (Phi) is 10.1. The van der Waals surface area contributed by atoms with Crippen LogP contribution in [0.2, 0.25) is 5.02 Å². The van der Waals surface area contributed by atoms with Crippen LogP contribution < -0.4 is 0 Å². The van der Waals surface area contributed by atoms with Crippen LogP contribution in [-0.2, 0) is 5.60 Å². The highest BCUT2D eigenvalue weighted by Crippen LogP contribution is 2.64.